The number of hydrogen-bond donors (Lipinski definition) is 1. The zero-order valence-corrected chi connectivity index (χ0v) is 19.3. The highest BCUT2D eigenvalue weighted by Gasteiger charge is 2.34. The van der Waals surface area contributed by atoms with Crippen LogP contribution in [0.2, 0.25) is 0 Å². The Morgan fingerprint density at radius 3 is 2.54 bits per heavy atom. The summed E-state index contributed by atoms with van der Waals surface area (Å²) in [5.41, 5.74) is 1.65. The van der Waals surface area contributed by atoms with Gasteiger partial charge in [-0.2, -0.15) is 13.2 Å². The molecular weight excluding hydrogens is 488 g/mol. The van der Waals surface area contributed by atoms with Crippen LogP contribution >= 0.6 is 0 Å². The van der Waals surface area contributed by atoms with Crippen LogP contribution in [0, 0.1) is 5.82 Å². The standard InChI is InChI=1S/C26H18F4N6O/c1-36-12-31-35-25(36)18-10-16(27)4-5-17(18)15-8-20(14-2-3-14)32-22(9-15)24-33-21-7-13(11-37)6-19(23(21)34-24)26(28,29)30/h4-12,14H,2-3H2,1H3,(H,33,34). The van der Waals surface area contributed by atoms with Crippen LogP contribution in [0.3, 0.4) is 0 Å². The lowest BCUT2D eigenvalue weighted by atomic mass is 9.97. The predicted molar refractivity (Wildman–Crippen MR) is 127 cm³/mol. The van der Waals surface area contributed by atoms with E-state index < -0.39 is 17.6 Å². The van der Waals surface area contributed by atoms with Crippen molar-refractivity contribution in [2.45, 2.75) is 24.9 Å². The number of aldehydes is 1. The summed E-state index contributed by atoms with van der Waals surface area (Å²) >= 11 is 0. The number of alkyl halides is 3. The van der Waals surface area contributed by atoms with E-state index in [1.807, 2.05) is 6.07 Å². The molecule has 186 valence electrons. The summed E-state index contributed by atoms with van der Waals surface area (Å²) < 4.78 is 57.1. The molecule has 6 rings (SSSR count). The second-order valence-electron chi connectivity index (χ2n) is 9.06. The van der Waals surface area contributed by atoms with Crippen molar-refractivity contribution in [3.05, 3.63) is 71.4 Å². The third kappa shape index (κ3) is 4.15. The summed E-state index contributed by atoms with van der Waals surface area (Å²) in [6.45, 7) is 0. The van der Waals surface area contributed by atoms with Gasteiger partial charge in [-0.1, -0.05) is 6.07 Å². The van der Waals surface area contributed by atoms with Crippen molar-refractivity contribution >= 4 is 17.3 Å². The number of carbonyl (C=O) groups is 1. The van der Waals surface area contributed by atoms with Gasteiger partial charge in [-0.3, -0.25) is 4.79 Å². The molecule has 0 atom stereocenters. The fourth-order valence-corrected chi connectivity index (χ4v) is 4.45. The first-order chi connectivity index (χ1) is 17.7. The van der Waals surface area contributed by atoms with Crippen molar-refractivity contribution < 1.29 is 22.4 Å². The van der Waals surface area contributed by atoms with Crippen LogP contribution in [-0.2, 0) is 13.2 Å². The predicted octanol–water partition coefficient (Wildman–Crippen LogP) is 5.94. The zero-order chi connectivity index (χ0) is 25.9. The third-order valence-corrected chi connectivity index (χ3v) is 6.39. The fraction of sp³-hybridized carbons (Fsp3) is 0.192. The van der Waals surface area contributed by atoms with Crippen molar-refractivity contribution in [3.63, 3.8) is 0 Å². The van der Waals surface area contributed by atoms with E-state index in [-0.39, 0.29) is 28.3 Å². The first-order valence-electron chi connectivity index (χ1n) is 11.4. The molecule has 7 nitrogen and oxygen atoms in total. The number of aromatic nitrogens is 6. The van der Waals surface area contributed by atoms with Crippen LogP contribution in [-0.4, -0.2) is 36.0 Å². The van der Waals surface area contributed by atoms with Crippen molar-refractivity contribution in [3.8, 4) is 34.0 Å². The Morgan fingerprint density at radius 2 is 1.86 bits per heavy atom. The molecule has 0 saturated heterocycles. The van der Waals surface area contributed by atoms with E-state index in [4.69, 9.17) is 4.98 Å². The van der Waals surface area contributed by atoms with E-state index in [9.17, 15) is 22.4 Å². The van der Waals surface area contributed by atoms with Crippen LogP contribution in [0.5, 0.6) is 0 Å². The van der Waals surface area contributed by atoms with Gasteiger partial charge in [0.25, 0.3) is 0 Å². The summed E-state index contributed by atoms with van der Waals surface area (Å²) in [4.78, 5) is 23.1. The Bertz CT molecular complexity index is 1680. The highest BCUT2D eigenvalue weighted by Crippen LogP contribution is 2.43. The molecule has 11 heteroatoms. The molecule has 1 aliphatic carbocycles. The minimum absolute atomic E-state index is 0.00801. The van der Waals surface area contributed by atoms with Crippen molar-refractivity contribution in [2.24, 2.45) is 7.05 Å². The van der Waals surface area contributed by atoms with Crippen LogP contribution in [0.15, 0.2) is 48.8 Å². The van der Waals surface area contributed by atoms with Gasteiger partial charge in [0.1, 0.15) is 24.1 Å². The lowest BCUT2D eigenvalue weighted by Gasteiger charge is -2.12. The molecule has 1 N–H and O–H groups in total. The molecule has 3 heterocycles. The molecule has 3 aromatic heterocycles. The molecule has 1 saturated carbocycles. The van der Waals surface area contributed by atoms with Gasteiger partial charge in [-0.15, -0.1) is 10.2 Å². The third-order valence-electron chi connectivity index (χ3n) is 6.39. The minimum atomic E-state index is -4.69. The Labute approximate surface area is 207 Å². The fourth-order valence-electron chi connectivity index (χ4n) is 4.45. The first-order valence-corrected chi connectivity index (χ1v) is 11.4. The second-order valence-corrected chi connectivity index (χ2v) is 9.06. The summed E-state index contributed by atoms with van der Waals surface area (Å²) in [5, 5.41) is 8.02. The normalized spacial score (nSPS) is 13.9. The number of hydrogen-bond acceptors (Lipinski definition) is 5. The van der Waals surface area contributed by atoms with E-state index in [0.29, 0.717) is 34.5 Å². The molecule has 5 aromatic rings. The lowest BCUT2D eigenvalue weighted by Crippen LogP contribution is -2.06. The molecule has 0 bridgehead atoms. The summed E-state index contributed by atoms with van der Waals surface area (Å²) in [5.74, 6) is 0.367. The Balaban J connectivity index is 1.56. The summed E-state index contributed by atoms with van der Waals surface area (Å²) in [6.07, 6.45) is -0.935. The molecule has 0 spiro atoms. The number of rotatable bonds is 5. The number of fused-ring (bicyclic) bond motifs is 1. The highest BCUT2D eigenvalue weighted by molar-refractivity contribution is 5.90. The molecule has 0 amide bonds. The van der Waals surface area contributed by atoms with E-state index in [1.54, 1.807) is 23.7 Å². The molecular formula is C26H18F4N6O. The molecule has 0 unspecified atom stereocenters. The maximum atomic E-state index is 14.3. The van der Waals surface area contributed by atoms with Crippen LogP contribution in [0.25, 0.3) is 45.1 Å². The lowest BCUT2D eigenvalue weighted by molar-refractivity contribution is -0.136. The Kier molecular flexibility index (Phi) is 5.18. The van der Waals surface area contributed by atoms with E-state index in [1.165, 1.54) is 24.5 Å². The van der Waals surface area contributed by atoms with Crippen molar-refractivity contribution in [2.75, 3.05) is 0 Å². The quantitative estimate of drug-likeness (QED) is 0.236. The van der Waals surface area contributed by atoms with Gasteiger partial charge < -0.3 is 9.55 Å². The van der Waals surface area contributed by atoms with Crippen LogP contribution < -0.4 is 0 Å². The maximum absolute atomic E-state index is 14.3. The Hall–Kier alpha value is -4.41. The first kappa shape index (κ1) is 23.0. The van der Waals surface area contributed by atoms with Gasteiger partial charge in [-0.05, 0) is 60.4 Å². The number of benzene rings is 2. The number of aromatic amines is 1. The smallest absolute Gasteiger partial charge is 0.336 e. The number of halogens is 4. The van der Waals surface area contributed by atoms with Crippen LogP contribution in [0.1, 0.15) is 40.4 Å². The van der Waals surface area contributed by atoms with E-state index in [2.05, 4.69) is 20.2 Å². The number of imidazole rings is 1. The Morgan fingerprint density at radius 1 is 1.05 bits per heavy atom. The van der Waals surface area contributed by atoms with Crippen LogP contribution in [0.4, 0.5) is 17.6 Å². The molecule has 37 heavy (non-hydrogen) atoms. The average molecular weight is 506 g/mol. The molecule has 0 aliphatic heterocycles. The molecule has 0 radical (unpaired) electrons. The molecule has 2 aromatic carbocycles. The molecule has 1 fully saturated rings. The summed E-state index contributed by atoms with van der Waals surface area (Å²) in [7, 11) is 1.75. The second kappa shape index (κ2) is 8.32. The topological polar surface area (TPSA) is 89.4 Å². The van der Waals surface area contributed by atoms with Gasteiger partial charge in [0.05, 0.1) is 16.6 Å². The number of nitrogens with one attached hydrogen (secondary N) is 1. The number of pyridine rings is 1. The van der Waals surface area contributed by atoms with Gasteiger partial charge in [-0.25, -0.2) is 14.4 Å². The van der Waals surface area contributed by atoms with Gasteiger partial charge in [0.15, 0.2) is 11.6 Å². The number of carbonyl (C=O) groups excluding carboxylic acids is 1. The van der Waals surface area contributed by atoms with Gasteiger partial charge in [0.2, 0.25) is 0 Å². The number of H-pyrrole nitrogens is 1. The van der Waals surface area contributed by atoms with Crippen molar-refractivity contribution in [1.29, 1.82) is 0 Å². The highest BCUT2D eigenvalue weighted by atomic mass is 19.4. The van der Waals surface area contributed by atoms with Crippen molar-refractivity contribution in [1.82, 2.24) is 29.7 Å². The van der Waals surface area contributed by atoms with Gasteiger partial charge in [0, 0.05) is 29.8 Å². The van der Waals surface area contributed by atoms with Gasteiger partial charge >= 0.3 is 6.18 Å². The minimum Gasteiger partial charge on any atom is -0.336 e. The zero-order valence-electron chi connectivity index (χ0n) is 19.3. The summed E-state index contributed by atoms with van der Waals surface area (Å²) in [6, 6.07) is 10.0. The van der Waals surface area contributed by atoms with E-state index >= 15 is 0 Å². The van der Waals surface area contributed by atoms with E-state index in [0.717, 1.165) is 24.6 Å². The number of aryl methyl sites for hydroxylation is 1. The number of nitrogens with zero attached hydrogens (tertiary/aromatic N) is 5. The monoisotopic (exact) mass is 506 g/mol. The average Bonchev–Trinajstić information content (AvgIpc) is 3.49. The maximum Gasteiger partial charge on any atom is 0.418 e. The SMILES string of the molecule is Cn1cnnc1-c1cc(F)ccc1-c1cc(-c2nc3cc(C=O)cc(C(F)(F)F)c3[nH]2)nc(C2CC2)c1. The largest absolute Gasteiger partial charge is 0.418 e. The molecule has 1 aliphatic rings.